The van der Waals surface area contributed by atoms with Gasteiger partial charge < -0.3 is 30.7 Å². The minimum atomic E-state index is -0.442. The van der Waals surface area contributed by atoms with E-state index < -0.39 is 5.82 Å². The Balaban J connectivity index is 1.36. The van der Waals surface area contributed by atoms with Gasteiger partial charge >= 0.3 is 6.03 Å². The van der Waals surface area contributed by atoms with Crippen molar-refractivity contribution in [3.05, 3.63) is 53.4 Å². The number of rotatable bonds is 7. The van der Waals surface area contributed by atoms with Gasteiger partial charge in [-0.25, -0.2) is 19.2 Å². The molecule has 164 valence electrons. The standard InChI is InChI=1S/C21H21FN8O2/c22-12-8-15-19(16(9-12)32-6-5-30-4-3-25-21(30)31)29-18(28-15)10-17-26-13-2-1-11(20(23)24)7-14(13)27-17/h1-2,7-9H,3-6,10H2,(H3,23,24)(H,25,31)(H,26,27)(H,28,29). The molecule has 2 aromatic heterocycles. The fourth-order valence-electron chi connectivity index (χ4n) is 3.76. The Labute approximate surface area is 181 Å². The SMILES string of the molecule is N=C(N)c1ccc2[nH]c(Cc3nc4c(OCCN5CCNC5=O)cc(F)cc4[nH]3)nc2c1. The van der Waals surface area contributed by atoms with Gasteiger partial charge in [0, 0.05) is 24.7 Å². The summed E-state index contributed by atoms with van der Waals surface area (Å²) in [5.41, 5.74) is 8.70. The van der Waals surface area contributed by atoms with Crippen molar-refractivity contribution in [2.75, 3.05) is 26.2 Å². The van der Waals surface area contributed by atoms with E-state index in [0.29, 0.717) is 65.6 Å². The second-order valence-corrected chi connectivity index (χ2v) is 7.56. The number of ether oxygens (including phenoxy) is 1. The molecule has 0 atom stereocenters. The van der Waals surface area contributed by atoms with Crippen LogP contribution in [0, 0.1) is 11.2 Å². The van der Waals surface area contributed by atoms with Crippen molar-refractivity contribution in [2.45, 2.75) is 6.42 Å². The summed E-state index contributed by atoms with van der Waals surface area (Å²) in [4.78, 5) is 28.7. The number of nitrogens with one attached hydrogen (secondary N) is 4. The van der Waals surface area contributed by atoms with Crippen LogP contribution in [0.15, 0.2) is 30.3 Å². The number of benzene rings is 2. The third-order valence-electron chi connectivity index (χ3n) is 5.31. The number of urea groups is 1. The Bertz CT molecular complexity index is 1340. The van der Waals surface area contributed by atoms with Gasteiger partial charge in [-0.05, 0) is 24.3 Å². The molecule has 0 saturated carbocycles. The lowest BCUT2D eigenvalue weighted by Gasteiger charge is -2.14. The number of nitrogens with zero attached hydrogens (tertiary/aromatic N) is 3. The molecule has 4 aromatic rings. The summed E-state index contributed by atoms with van der Waals surface area (Å²) in [6.07, 6.45) is 0.369. The summed E-state index contributed by atoms with van der Waals surface area (Å²) < 4.78 is 19.9. The average Bonchev–Trinajstić information content (AvgIpc) is 3.45. The van der Waals surface area contributed by atoms with Gasteiger partial charge in [-0.2, -0.15) is 0 Å². The number of fused-ring (bicyclic) bond motifs is 2. The summed E-state index contributed by atoms with van der Waals surface area (Å²) in [7, 11) is 0. The van der Waals surface area contributed by atoms with Crippen LogP contribution >= 0.6 is 0 Å². The van der Waals surface area contributed by atoms with E-state index in [1.54, 1.807) is 17.0 Å². The molecule has 11 heteroatoms. The number of aromatic nitrogens is 4. The monoisotopic (exact) mass is 436 g/mol. The highest BCUT2D eigenvalue weighted by atomic mass is 19.1. The number of carbonyl (C=O) groups excluding carboxylic acids is 1. The summed E-state index contributed by atoms with van der Waals surface area (Å²) in [5, 5.41) is 10.3. The number of carbonyl (C=O) groups is 1. The zero-order valence-corrected chi connectivity index (χ0v) is 17.0. The summed E-state index contributed by atoms with van der Waals surface area (Å²) >= 11 is 0. The molecule has 6 N–H and O–H groups in total. The van der Waals surface area contributed by atoms with E-state index >= 15 is 0 Å². The molecule has 0 radical (unpaired) electrons. The van der Waals surface area contributed by atoms with Crippen LogP contribution in [0.2, 0.25) is 0 Å². The second-order valence-electron chi connectivity index (χ2n) is 7.56. The molecule has 0 bridgehead atoms. The van der Waals surface area contributed by atoms with Crippen molar-refractivity contribution in [1.82, 2.24) is 30.2 Å². The number of amidine groups is 1. The number of aromatic amines is 2. The molecule has 1 fully saturated rings. The van der Waals surface area contributed by atoms with Crippen LogP contribution in [0.5, 0.6) is 5.75 Å². The molecule has 5 rings (SSSR count). The Morgan fingerprint density at radius 3 is 2.78 bits per heavy atom. The average molecular weight is 436 g/mol. The highest BCUT2D eigenvalue weighted by Gasteiger charge is 2.19. The van der Waals surface area contributed by atoms with Gasteiger partial charge in [0.25, 0.3) is 0 Å². The van der Waals surface area contributed by atoms with E-state index in [0.717, 1.165) is 5.52 Å². The lowest BCUT2D eigenvalue weighted by atomic mass is 10.2. The molecular formula is C21H21FN8O2. The van der Waals surface area contributed by atoms with Gasteiger partial charge in [-0.15, -0.1) is 0 Å². The van der Waals surface area contributed by atoms with E-state index in [-0.39, 0.29) is 18.5 Å². The fraction of sp³-hybridized carbons (Fsp3) is 0.238. The zero-order chi connectivity index (χ0) is 22.2. The van der Waals surface area contributed by atoms with Crippen LogP contribution in [0.3, 0.4) is 0 Å². The van der Waals surface area contributed by atoms with Crippen LogP contribution in [-0.2, 0) is 6.42 Å². The van der Waals surface area contributed by atoms with Crippen LogP contribution in [0.25, 0.3) is 22.1 Å². The van der Waals surface area contributed by atoms with Crippen molar-refractivity contribution in [1.29, 1.82) is 5.41 Å². The molecule has 2 amide bonds. The zero-order valence-electron chi connectivity index (χ0n) is 17.0. The van der Waals surface area contributed by atoms with E-state index in [1.807, 2.05) is 6.07 Å². The normalized spacial score (nSPS) is 13.8. The van der Waals surface area contributed by atoms with Gasteiger partial charge in [-0.3, -0.25) is 5.41 Å². The topological polar surface area (TPSA) is 149 Å². The predicted molar refractivity (Wildman–Crippen MR) is 116 cm³/mol. The molecule has 1 aliphatic rings. The largest absolute Gasteiger partial charge is 0.489 e. The van der Waals surface area contributed by atoms with Gasteiger partial charge in [0.2, 0.25) is 0 Å². The Hall–Kier alpha value is -4.15. The molecule has 3 heterocycles. The van der Waals surface area contributed by atoms with Crippen molar-refractivity contribution in [3.63, 3.8) is 0 Å². The number of hydrogen-bond acceptors (Lipinski definition) is 5. The van der Waals surface area contributed by atoms with Crippen molar-refractivity contribution < 1.29 is 13.9 Å². The number of nitrogens with two attached hydrogens (primary N) is 1. The number of halogens is 1. The summed E-state index contributed by atoms with van der Waals surface area (Å²) in [6.45, 7) is 1.88. The molecule has 2 aromatic carbocycles. The quantitative estimate of drug-likeness (QED) is 0.221. The van der Waals surface area contributed by atoms with Crippen molar-refractivity contribution >= 4 is 33.9 Å². The van der Waals surface area contributed by atoms with Gasteiger partial charge in [-0.1, -0.05) is 0 Å². The van der Waals surface area contributed by atoms with Crippen LogP contribution < -0.4 is 15.8 Å². The molecule has 0 aliphatic carbocycles. The smallest absolute Gasteiger partial charge is 0.317 e. The maximum atomic E-state index is 14.1. The lowest BCUT2D eigenvalue weighted by molar-refractivity contribution is 0.203. The second kappa shape index (κ2) is 7.84. The maximum Gasteiger partial charge on any atom is 0.317 e. The Morgan fingerprint density at radius 1 is 1.19 bits per heavy atom. The minimum absolute atomic E-state index is 0.0198. The van der Waals surface area contributed by atoms with Crippen LogP contribution in [-0.4, -0.2) is 62.9 Å². The fourth-order valence-corrected chi connectivity index (χ4v) is 3.76. The first-order valence-corrected chi connectivity index (χ1v) is 10.1. The van der Waals surface area contributed by atoms with E-state index in [2.05, 4.69) is 25.3 Å². The first-order chi connectivity index (χ1) is 15.5. The van der Waals surface area contributed by atoms with Crippen LogP contribution in [0.4, 0.5) is 9.18 Å². The molecule has 32 heavy (non-hydrogen) atoms. The van der Waals surface area contributed by atoms with Crippen molar-refractivity contribution in [3.8, 4) is 5.75 Å². The first-order valence-electron chi connectivity index (χ1n) is 10.1. The minimum Gasteiger partial charge on any atom is -0.489 e. The summed E-state index contributed by atoms with van der Waals surface area (Å²) in [5.74, 6) is 1.12. The number of imidazole rings is 2. The van der Waals surface area contributed by atoms with Crippen LogP contribution in [0.1, 0.15) is 17.2 Å². The Morgan fingerprint density at radius 2 is 2.00 bits per heavy atom. The molecule has 0 unspecified atom stereocenters. The van der Waals surface area contributed by atoms with E-state index in [4.69, 9.17) is 15.9 Å². The molecule has 10 nitrogen and oxygen atoms in total. The maximum absolute atomic E-state index is 14.1. The molecule has 0 spiro atoms. The van der Waals surface area contributed by atoms with Gasteiger partial charge in [0.05, 0.1) is 29.5 Å². The molecular weight excluding hydrogens is 415 g/mol. The van der Waals surface area contributed by atoms with Crippen molar-refractivity contribution in [2.24, 2.45) is 5.73 Å². The Kier molecular flexibility index (Phi) is 4.85. The number of H-pyrrole nitrogens is 2. The first kappa shape index (κ1) is 19.8. The number of amides is 2. The third kappa shape index (κ3) is 3.80. The highest BCUT2D eigenvalue weighted by molar-refractivity contribution is 5.97. The predicted octanol–water partition coefficient (Wildman–Crippen LogP) is 1.86. The third-order valence-corrected chi connectivity index (χ3v) is 5.31. The lowest BCUT2D eigenvalue weighted by Crippen LogP contribution is -2.31. The molecule has 1 saturated heterocycles. The number of hydrogen-bond donors (Lipinski definition) is 5. The van der Waals surface area contributed by atoms with E-state index in [9.17, 15) is 9.18 Å². The van der Waals surface area contributed by atoms with E-state index in [1.165, 1.54) is 12.1 Å². The van der Waals surface area contributed by atoms with Gasteiger partial charge in [0.1, 0.15) is 41.2 Å². The molecule has 1 aliphatic heterocycles. The highest BCUT2D eigenvalue weighted by Crippen LogP contribution is 2.26. The van der Waals surface area contributed by atoms with Gasteiger partial charge in [0.15, 0.2) is 0 Å². The summed E-state index contributed by atoms with van der Waals surface area (Å²) in [6, 6.07) is 7.86. The number of nitrogen functional groups attached to an aromatic ring is 1.